The van der Waals surface area contributed by atoms with Gasteiger partial charge in [-0.2, -0.15) is 5.10 Å². The van der Waals surface area contributed by atoms with Crippen LogP contribution in [-0.4, -0.2) is 36.3 Å². The molecule has 0 bridgehead atoms. The van der Waals surface area contributed by atoms with Crippen molar-refractivity contribution < 1.29 is 18.0 Å². The third-order valence-corrected chi connectivity index (χ3v) is 5.52. The Hall–Kier alpha value is -3.46. The summed E-state index contributed by atoms with van der Waals surface area (Å²) in [7, 11) is -3.41. The third kappa shape index (κ3) is 5.54. The van der Waals surface area contributed by atoms with Gasteiger partial charge in [0.1, 0.15) is 6.54 Å². The van der Waals surface area contributed by atoms with Gasteiger partial charge in [0.25, 0.3) is 5.91 Å². The lowest BCUT2D eigenvalue weighted by molar-refractivity contribution is -0.116. The van der Waals surface area contributed by atoms with Crippen LogP contribution >= 0.6 is 0 Å². The number of sulfone groups is 1. The van der Waals surface area contributed by atoms with E-state index in [2.05, 4.69) is 15.7 Å². The average molecular weight is 426 g/mol. The minimum absolute atomic E-state index is 0.0974. The first-order chi connectivity index (χ1) is 14.2. The maximum atomic E-state index is 12.6. The number of aromatic nitrogens is 2. The van der Waals surface area contributed by atoms with Crippen molar-refractivity contribution in [3.8, 4) is 0 Å². The van der Waals surface area contributed by atoms with Gasteiger partial charge in [0.2, 0.25) is 5.91 Å². The van der Waals surface area contributed by atoms with E-state index in [9.17, 15) is 18.0 Å². The highest BCUT2D eigenvalue weighted by atomic mass is 32.2. The van der Waals surface area contributed by atoms with Gasteiger partial charge in [-0.25, -0.2) is 8.42 Å². The lowest BCUT2D eigenvalue weighted by Gasteiger charge is -2.11. The Kier molecular flexibility index (Phi) is 6.31. The molecule has 0 radical (unpaired) electrons. The number of carbonyl (C=O) groups is 2. The number of anilines is 1. The minimum atomic E-state index is -3.41. The SMILES string of the molecule is Cc1ccc(S(C)(=O)=O)cc1C(=O)NCc1cccc(NC(=O)Cn2cccn2)c1. The maximum absolute atomic E-state index is 12.6. The molecule has 0 saturated carbocycles. The highest BCUT2D eigenvalue weighted by Crippen LogP contribution is 2.16. The van der Waals surface area contributed by atoms with Gasteiger partial charge in [-0.15, -0.1) is 0 Å². The van der Waals surface area contributed by atoms with Crippen molar-refractivity contribution in [2.75, 3.05) is 11.6 Å². The van der Waals surface area contributed by atoms with Crippen LogP contribution in [0, 0.1) is 6.92 Å². The normalized spacial score (nSPS) is 11.1. The van der Waals surface area contributed by atoms with Gasteiger partial charge in [-0.3, -0.25) is 14.3 Å². The number of hydrogen-bond acceptors (Lipinski definition) is 5. The van der Waals surface area contributed by atoms with Crippen LogP contribution < -0.4 is 10.6 Å². The summed E-state index contributed by atoms with van der Waals surface area (Å²) in [5.74, 6) is -0.584. The van der Waals surface area contributed by atoms with E-state index in [4.69, 9.17) is 0 Å². The summed E-state index contributed by atoms with van der Waals surface area (Å²) in [5, 5.41) is 9.58. The number of nitrogens with one attached hydrogen (secondary N) is 2. The van der Waals surface area contributed by atoms with E-state index in [-0.39, 0.29) is 29.8 Å². The molecule has 8 nitrogen and oxygen atoms in total. The Labute approximate surface area is 174 Å². The predicted molar refractivity (Wildman–Crippen MR) is 113 cm³/mol. The van der Waals surface area contributed by atoms with Crippen molar-refractivity contribution in [1.29, 1.82) is 0 Å². The number of hydrogen-bond donors (Lipinski definition) is 2. The van der Waals surface area contributed by atoms with E-state index in [1.165, 1.54) is 16.8 Å². The van der Waals surface area contributed by atoms with Crippen LogP contribution in [0.5, 0.6) is 0 Å². The second-order valence-electron chi connectivity index (χ2n) is 6.88. The molecule has 1 aromatic heterocycles. The van der Waals surface area contributed by atoms with Crippen LogP contribution in [-0.2, 0) is 27.7 Å². The van der Waals surface area contributed by atoms with Crippen molar-refractivity contribution in [2.24, 2.45) is 0 Å². The number of rotatable bonds is 7. The zero-order valence-corrected chi connectivity index (χ0v) is 17.4. The molecule has 0 atom stereocenters. The maximum Gasteiger partial charge on any atom is 0.251 e. The Balaban J connectivity index is 1.64. The summed E-state index contributed by atoms with van der Waals surface area (Å²) < 4.78 is 25.0. The average Bonchev–Trinajstić information content (AvgIpc) is 3.18. The van der Waals surface area contributed by atoms with Crippen molar-refractivity contribution in [3.63, 3.8) is 0 Å². The molecule has 0 spiro atoms. The predicted octanol–water partition coefficient (Wildman–Crippen LogP) is 2.16. The number of aryl methyl sites for hydroxylation is 1. The van der Waals surface area contributed by atoms with Crippen molar-refractivity contribution in [1.82, 2.24) is 15.1 Å². The first-order valence-corrected chi connectivity index (χ1v) is 11.1. The first kappa shape index (κ1) is 21.3. The van der Waals surface area contributed by atoms with E-state index in [0.29, 0.717) is 16.8 Å². The fourth-order valence-corrected chi connectivity index (χ4v) is 3.50. The molecule has 0 aliphatic carbocycles. The second kappa shape index (κ2) is 8.91. The number of amides is 2. The summed E-state index contributed by atoms with van der Waals surface area (Å²) in [5.41, 5.74) is 2.38. The van der Waals surface area contributed by atoms with E-state index in [0.717, 1.165) is 11.8 Å². The quantitative estimate of drug-likeness (QED) is 0.602. The van der Waals surface area contributed by atoms with Gasteiger partial charge in [0.15, 0.2) is 9.84 Å². The zero-order valence-electron chi connectivity index (χ0n) is 16.6. The summed E-state index contributed by atoms with van der Waals surface area (Å²) in [6.45, 7) is 2.07. The van der Waals surface area contributed by atoms with Crippen LogP contribution in [0.15, 0.2) is 65.8 Å². The molecule has 0 unspecified atom stereocenters. The van der Waals surface area contributed by atoms with Crippen LogP contribution in [0.1, 0.15) is 21.5 Å². The third-order valence-electron chi connectivity index (χ3n) is 4.41. The molecule has 0 aliphatic heterocycles. The molecule has 0 fully saturated rings. The fraction of sp³-hybridized carbons (Fsp3) is 0.190. The van der Waals surface area contributed by atoms with Crippen LogP contribution in [0.3, 0.4) is 0 Å². The first-order valence-electron chi connectivity index (χ1n) is 9.17. The molecule has 3 rings (SSSR count). The molecule has 0 aliphatic rings. The van der Waals surface area contributed by atoms with Gasteiger partial charge in [0, 0.05) is 36.4 Å². The van der Waals surface area contributed by atoms with Gasteiger partial charge >= 0.3 is 0 Å². The highest BCUT2D eigenvalue weighted by Gasteiger charge is 2.14. The molecule has 156 valence electrons. The van der Waals surface area contributed by atoms with E-state index in [1.807, 2.05) is 6.07 Å². The molecule has 9 heteroatoms. The minimum Gasteiger partial charge on any atom is -0.348 e. The Morgan fingerprint density at radius 2 is 1.90 bits per heavy atom. The van der Waals surface area contributed by atoms with Gasteiger partial charge < -0.3 is 10.6 Å². The molecule has 2 N–H and O–H groups in total. The van der Waals surface area contributed by atoms with Crippen LogP contribution in [0.25, 0.3) is 0 Å². The fourth-order valence-electron chi connectivity index (χ4n) is 2.85. The lowest BCUT2D eigenvalue weighted by Crippen LogP contribution is -2.24. The van der Waals surface area contributed by atoms with Crippen molar-refractivity contribution in [3.05, 3.63) is 77.6 Å². The van der Waals surface area contributed by atoms with E-state index < -0.39 is 9.84 Å². The molecule has 30 heavy (non-hydrogen) atoms. The largest absolute Gasteiger partial charge is 0.348 e. The molecule has 2 aromatic carbocycles. The monoisotopic (exact) mass is 426 g/mol. The smallest absolute Gasteiger partial charge is 0.251 e. The molecule has 2 amide bonds. The highest BCUT2D eigenvalue weighted by molar-refractivity contribution is 7.90. The molecule has 1 heterocycles. The number of nitrogens with zero attached hydrogens (tertiary/aromatic N) is 2. The topological polar surface area (TPSA) is 110 Å². The summed E-state index contributed by atoms with van der Waals surface area (Å²) >= 11 is 0. The molecular formula is C21H22N4O4S. The summed E-state index contributed by atoms with van der Waals surface area (Å²) in [6, 6.07) is 13.3. The van der Waals surface area contributed by atoms with Crippen molar-refractivity contribution in [2.45, 2.75) is 24.9 Å². The molecule has 3 aromatic rings. The summed E-state index contributed by atoms with van der Waals surface area (Å²) in [4.78, 5) is 24.8. The van der Waals surface area contributed by atoms with E-state index in [1.54, 1.807) is 49.6 Å². The second-order valence-corrected chi connectivity index (χ2v) is 8.90. The molecule has 0 saturated heterocycles. The van der Waals surface area contributed by atoms with Gasteiger partial charge in [-0.05, 0) is 48.4 Å². The van der Waals surface area contributed by atoms with Crippen LogP contribution in [0.4, 0.5) is 5.69 Å². The van der Waals surface area contributed by atoms with Gasteiger partial charge in [0.05, 0.1) is 4.90 Å². The summed E-state index contributed by atoms with van der Waals surface area (Å²) in [6.07, 6.45) is 4.40. The standard InChI is InChI=1S/C21H22N4O4S/c1-15-7-8-18(30(2,28)29)12-19(15)21(27)22-13-16-5-3-6-17(11-16)24-20(26)14-25-10-4-9-23-25/h3-12H,13-14H2,1-2H3,(H,22,27)(H,24,26). The Morgan fingerprint density at radius 1 is 1.10 bits per heavy atom. The van der Waals surface area contributed by atoms with Crippen molar-refractivity contribution >= 4 is 27.3 Å². The lowest BCUT2D eigenvalue weighted by atomic mass is 10.1. The van der Waals surface area contributed by atoms with Gasteiger partial charge in [-0.1, -0.05) is 18.2 Å². The Bertz CT molecular complexity index is 1170. The zero-order chi connectivity index (χ0) is 21.7. The van der Waals surface area contributed by atoms with Crippen LogP contribution in [0.2, 0.25) is 0 Å². The van der Waals surface area contributed by atoms with E-state index >= 15 is 0 Å². The Morgan fingerprint density at radius 3 is 2.60 bits per heavy atom. The number of carbonyl (C=O) groups excluding carboxylic acids is 2. The number of benzene rings is 2. The molecular weight excluding hydrogens is 404 g/mol.